The smallest absolute Gasteiger partial charge is 0.231 e. The summed E-state index contributed by atoms with van der Waals surface area (Å²) in [5.74, 6) is 2.19. The first-order chi connectivity index (χ1) is 9.76. The van der Waals surface area contributed by atoms with Crippen molar-refractivity contribution in [2.75, 3.05) is 44.7 Å². The molecular formula is C13H20ClN3O3. The Bertz CT molecular complexity index is 403. The van der Waals surface area contributed by atoms with Crippen molar-refractivity contribution in [2.24, 2.45) is 0 Å². The molecule has 112 valence electrons. The van der Waals surface area contributed by atoms with Crippen molar-refractivity contribution in [1.29, 1.82) is 0 Å². The molecule has 20 heavy (non-hydrogen) atoms. The lowest BCUT2D eigenvalue weighted by atomic mass is 10.1. The Kier molecular flexibility index (Phi) is 5.67. The van der Waals surface area contributed by atoms with Crippen LogP contribution < -0.4 is 14.4 Å². The van der Waals surface area contributed by atoms with Crippen LogP contribution in [0.15, 0.2) is 6.07 Å². The van der Waals surface area contributed by atoms with Crippen molar-refractivity contribution in [2.45, 2.75) is 18.9 Å². The number of nitrogens with zero attached hydrogens (tertiary/aromatic N) is 3. The van der Waals surface area contributed by atoms with E-state index in [4.69, 9.17) is 25.8 Å². The molecule has 1 aliphatic rings. The van der Waals surface area contributed by atoms with E-state index >= 15 is 0 Å². The van der Waals surface area contributed by atoms with Gasteiger partial charge in [0.15, 0.2) is 0 Å². The summed E-state index contributed by atoms with van der Waals surface area (Å²) >= 11 is 5.63. The quantitative estimate of drug-likeness (QED) is 0.746. The van der Waals surface area contributed by atoms with Gasteiger partial charge in [-0.15, -0.1) is 11.6 Å². The second-order valence-corrected chi connectivity index (χ2v) is 4.88. The number of anilines is 1. The van der Waals surface area contributed by atoms with Crippen LogP contribution in [0.2, 0.25) is 0 Å². The minimum absolute atomic E-state index is 0.275. The van der Waals surface area contributed by atoms with Gasteiger partial charge in [-0.3, -0.25) is 0 Å². The van der Waals surface area contributed by atoms with E-state index in [2.05, 4.69) is 14.9 Å². The number of alkyl halides is 1. The first-order valence-corrected chi connectivity index (χ1v) is 7.20. The maximum absolute atomic E-state index is 5.66. The highest BCUT2D eigenvalue weighted by Gasteiger charge is 2.22. The molecule has 0 N–H and O–H groups in total. The van der Waals surface area contributed by atoms with Crippen molar-refractivity contribution >= 4 is 17.5 Å². The second kappa shape index (κ2) is 7.50. The van der Waals surface area contributed by atoms with Crippen molar-refractivity contribution in [3.8, 4) is 11.8 Å². The van der Waals surface area contributed by atoms with E-state index in [1.54, 1.807) is 20.3 Å². The highest BCUT2D eigenvalue weighted by atomic mass is 35.5. The molecule has 1 fully saturated rings. The Morgan fingerprint density at radius 3 is 2.30 bits per heavy atom. The fourth-order valence-electron chi connectivity index (χ4n) is 2.18. The number of hydrogen-bond donors (Lipinski definition) is 0. The SMILES string of the molecule is COc1cc(OC)nc(N2CCC(OCCCl)CC2)n1. The van der Waals surface area contributed by atoms with Crippen LogP contribution in [0, 0.1) is 0 Å². The molecule has 2 heterocycles. The monoisotopic (exact) mass is 301 g/mol. The standard InChI is InChI=1S/C13H20ClN3O3/c1-18-11-9-12(19-2)16-13(15-11)17-6-3-10(4-7-17)20-8-5-14/h9-10H,3-8H2,1-2H3. The van der Waals surface area contributed by atoms with Gasteiger partial charge in [0.1, 0.15) is 0 Å². The van der Waals surface area contributed by atoms with Gasteiger partial charge < -0.3 is 19.1 Å². The van der Waals surface area contributed by atoms with Gasteiger partial charge in [0.25, 0.3) is 0 Å². The Labute approximate surface area is 124 Å². The molecule has 0 amide bonds. The highest BCUT2D eigenvalue weighted by molar-refractivity contribution is 6.17. The van der Waals surface area contributed by atoms with Crippen molar-refractivity contribution in [3.63, 3.8) is 0 Å². The fraction of sp³-hybridized carbons (Fsp3) is 0.692. The minimum Gasteiger partial charge on any atom is -0.481 e. The third-order valence-electron chi connectivity index (χ3n) is 3.24. The number of methoxy groups -OCH3 is 2. The summed E-state index contributed by atoms with van der Waals surface area (Å²) in [7, 11) is 3.16. The average Bonchev–Trinajstić information content (AvgIpc) is 2.52. The minimum atomic E-state index is 0.275. The normalized spacial score (nSPS) is 16.2. The van der Waals surface area contributed by atoms with Gasteiger partial charge >= 0.3 is 0 Å². The summed E-state index contributed by atoms with van der Waals surface area (Å²) in [6, 6.07) is 1.67. The number of aromatic nitrogens is 2. The Hall–Kier alpha value is -1.27. The maximum Gasteiger partial charge on any atom is 0.231 e. The van der Waals surface area contributed by atoms with Gasteiger partial charge in [-0.2, -0.15) is 9.97 Å². The van der Waals surface area contributed by atoms with Crippen LogP contribution in [0.5, 0.6) is 11.8 Å². The van der Waals surface area contributed by atoms with Crippen LogP contribution >= 0.6 is 11.6 Å². The van der Waals surface area contributed by atoms with E-state index < -0.39 is 0 Å². The summed E-state index contributed by atoms with van der Waals surface area (Å²) in [6.45, 7) is 2.31. The van der Waals surface area contributed by atoms with E-state index in [-0.39, 0.29) is 6.10 Å². The van der Waals surface area contributed by atoms with E-state index in [0.29, 0.717) is 30.2 Å². The molecule has 6 nitrogen and oxygen atoms in total. The lowest BCUT2D eigenvalue weighted by molar-refractivity contribution is 0.0469. The van der Waals surface area contributed by atoms with Crippen LogP contribution in [0.4, 0.5) is 5.95 Å². The molecule has 7 heteroatoms. The average molecular weight is 302 g/mol. The molecule has 0 bridgehead atoms. The van der Waals surface area contributed by atoms with Crippen LogP contribution in [-0.4, -0.2) is 55.9 Å². The van der Waals surface area contributed by atoms with E-state index in [9.17, 15) is 0 Å². The number of rotatable bonds is 6. The topological polar surface area (TPSA) is 56.7 Å². The predicted octanol–water partition coefficient (Wildman–Crippen LogP) is 1.72. The number of piperidine rings is 1. The fourth-order valence-corrected chi connectivity index (χ4v) is 2.27. The van der Waals surface area contributed by atoms with Gasteiger partial charge in [-0.1, -0.05) is 0 Å². The first kappa shape index (κ1) is 15.1. The summed E-state index contributed by atoms with van der Waals surface area (Å²) in [6.07, 6.45) is 2.16. The third kappa shape index (κ3) is 3.86. The van der Waals surface area contributed by atoms with E-state index in [1.165, 1.54) is 0 Å². The van der Waals surface area contributed by atoms with Gasteiger partial charge in [0.2, 0.25) is 17.7 Å². The Morgan fingerprint density at radius 1 is 1.20 bits per heavy atom. The summed E-state index contributed by atoms with van der Waals surface area (Å²) < 4.78 is 16.0. The molecule has 0 aliphatic carbocycles. The molecule has 2 rings (SSSR count). The van der Waals surface area contributed by atoms with Crippen molar-refractivity contribution in [1.82, 2.24) is 9.97 Å². The summed E-state index contributed by atoms with van der Waals surface area (Å²) in [5.41, 5.74) is 0. The number of halogens is 1. The zero-order chi connectivity index (χ0) is 14.4. The van der Waals surface area contributed by atoms with Crippen LogP contribution in [-0.2, 0) is 4.74 Å². The molecule has 1 aromatic heterocycles. The molecule has 0 aromatic carbocycles. The predicted molar refractivity (Wildman–Crippen MR) is 77.0 cm³/mol. The molecule has 1 aliphatic heterocycles. The third-order valence-corrected chi connectivity index (χ3v) is 3.40. The molecule has 0 unspecified atom stereocenters. The second-order valence-electron chi connectivity index (χ2n) is 4.50. The lowest BCUT2D eigenvalue weighted by Gasteiger charge is -2.31. The zero-order valence-electron chi connectivity index (χ0n) is 11.8. The molecule has 0 atom stereocenters. The summed E-state index contributed by atoms with van der Waals surface area (Å²) in [4.78, 5) is 10.8. The van der Waals surface area contributed by atoms with E-state index in [1.807, 2.05) is 0 Å². The van der Waals surface area contributed by atoms with E-state index in [0.717, 1.165) is 25.9 Å². The van der Waals surface area contributed by atoms with Crippen molar-refractivity contribution < 1.29 is 14.2 Å². The van der Waals surface area contributed by atoms with Gasteiger partial charge in [-0.05, 0) is 12.8 Å². The Morgan fingerprint density at radius 2 is 1.80 bits per heavy atom. The number of hydrogen-bond acceptors (Lipinski definition) is 6. The van der Waals surface area contributed by atoms with Gasteiger partial charge in [-0.25, -0.2) is 0 Å². The molecular weight excluding hydrogens is 282 g/mol. The number of ether oxygens (including phenoxy) is 3. The zero-order valence-corrected chi connectivity index (χ0v) is 12.6. The molecule has 0 spiro atoms. The van der Waals surface area contributed by atoms with Crippen molar-refractivity contribution in [3.05, 3.63) is 6.07 Å². The van der Waals surface area contributed by atoms with Crippen LogP contribution in [0.3, 0.4) is 0 Å². The van der Waals surface area contributed by atoms with Gasteiger partial charge in [0.05, 0.1) is 33.0 Å². The maximum atomic E-state index is 5.66. The van der Waals surface area contributed by atoms with Gasteiger partial charge in [0, 0.05) is 19.0 Å². The van der Waals surface area contributed by atoms with Crippen LogP contribution in [0.1, 0.15) is 12.8 Å². The lowest BCUT2D eigenvalue weighted by Crippen LogP contribution is -2.38. The molecule has 1 aromatic rings. The van der Waals surface area contributed by atoms with Crippen LogP contribution in [0.25, 0.3) is 0 Å². The highest BCUT2D eigenvalue weighted by Crippen LogP contribution is 2.23. The molecule has 0 radical (unpaired) electrons. The first-order valence-electron chi connectivity index (χ1n) is 6.66. The largest absolute Gasteiger partial charge is 0.481 e. The molecule has 0 saturated carbocycles. The Balaban J connectivity index is 1.99. The molecule has 1 saturated heterocycles. The summed E-state index contributed by atoms with van der Waals surface area (Å²) in [5, 5.41) is 0.